The second-order valence-corrected chi connectivity index (χ2v) is 9.64. The molecular formula is C22H29N5O2S2. The average molecular weight is 460 g/mol. The number of carbonyl (C=O) groups is 1. The standard InChI is InChI=1S/C22H29N5O2S2/c1-6-24-8-10-25(11-9-24)19-16(15(5)17(13-23)20(28)26(19)7-2)12-18-21(29)27(14(3)4)22(30)31-18/h12,14H,6-11H2,1-5H3/b18-12-. The number of carbonyl (C=O) groups excluding carboxylic acids is 1. The minimum Gasteiger partial charge on any atom is -0.355 e. The molecule has 0 aromatic carbocycles. The van der Waals surface area contributed by atoms with E-state index in [-0.39, 0.29) is 23.1 Å². The van der Waals surface area contributed by atoms with Gasteiger partial charge in [0.1, 0.15) is 21.8 Å². The van der Waals surface area contributed by atoms with Crippen LogP contribution in [0.15, 0.2) is 9.70 Å². The smallest absolute Gasteiger partial charge is 0.270 e. The number of anilines is 1. The van der Waals surface area contributed by atoms with E-state index in [1.807, 2.05) is 26.8 Å². The van der Waals surface area contributed by atoms with Gasteiger partial charge in [-0.3, -0.25) is 19.1 Å². The lowest BCUT2D eigenvalue weighted by molar-refractivity contribution is -0.123. The van der Waals surface area contributed by atoms with Gasteiger partial charge in [-0.1, -0.05) is 30.9 Å². The lowest BCUT2D eigenvalue weighted by Gasteiger charge is -2.37. The molecule has 1 aromatic heterocycles. The van der Waals surface area contributed by atoms with Gasteiger partial charge in [-0.15, -0.1) is 0 Å². The van der Waals surface area contributed by atoms with Crippen LogP contribution in [0.25, 0.3) is 6.08 Å². The third-order valence-electron chi connectivity index (χ3n) is 5.90. The second kappa shape index (κ2) is 9.55. The van der Waals surface area contributed by atoms with Gasteiger partial charge >= 0.3 is 0 Å². The minimum atomic E-state index is -0.276. The summed E-state index contributed by atoms with van der Waals surface area (Å²) in [6.07, 6.45) is 1.82. The Kier molecular flexibility index (Phi) is 7.24. The molecule has 0 bridgehead atoms. The molecule has 2 aliphatic heterocycles. The summed E-state index contributed by atoms with van der Waals surface area (Å²) >= 11 is 6.70. The van der Waals surface area contributed by atoms with Crippen molar-refractivity contribution in [1.82, 2.24) is 14.4 Å². The summed E-state index contributed by atoms with van der Waals surface area (Å²) in [5, 5.41) is 9.68. The van der Waals surface area contributed by atoms with Crippen molar-refractivity contribution in [3.8, 4) is 6.07 Å². The molecule has 166 valence electrons. The number of aromatic nitrogens is 1. The molecule has 1 aromatic rings. The van der Waals surface area contributed by atoms with E-state index in [1.54, 1.807) is 16.4 Å². The molecule has 7 nitrogen and oxygen atoms in total. The number of rotatable bonds is 5. The average Bonchev–Trinajstić information content (AvgIpc) is 3.03. The molecule has 0 radical (unpaired) electrons. The predicted molar refractivity (Wildman–Crippen MR) is 130 cm³/mol. The number of nitriles is 1. The molecule has 0 N–H and O–H groups in total. The Bertz CT molecular complexity index is 1030. The van der Waals surface area contributed by atoms with Crippen molar-refractivity contribution in [2.45, 2.75) is 47.2 Å². The predicted octanol–water partition coefficient (Wildman–Crippen LogP) is 2.80. The fourth-order valence-electron chi connectivity index (χ4n) is 4.11. The maximum absolute atomic E-state index is 13.1. The largest absolute Gasteiger partial charge is 0.355 e. The molecule has 0 atom stereocenters. The second-order valence-electron chi connectivity index (χ2n) is 7.97. The third-order valence-corrected chi connectivity index (χ3v) is 7.23. The van der Waals surface area contributed by atoms with Crippen molar-refractivity contribution in [2.24, 2.45) is 0 Å². The van der Waals surface area contributed by atoms with Gasteiger partial charge in [-0.05, 0) is 45.9 Å². The SMILES string of the molecule is CCN1CCN(c2c(/C=C3\SC(=S)N(C(C)C)C3=O)c(C)c(C#N)c(=O)n2CC)CC1. The first-order valence-electron chi connectivity index (χ1n) is 10.7. The Labute approximate surface area is 193 Å². The van der Waals surface area contributed by atoms with Crippen molar-refractivity contribution in [3.05, 3.63) is 31.9 Å². The summed E-state index contributed by atoms with van der Waals surface area (Å²) in [4.78, 5) is 32.8. The summed E-state index contributed by atoms with van der Waals surface area (Å²) in [6.45, 7) is 14.5. The van der Waals surface area contributed by atoms with Crippen LogP contribution in [0.5, 0.6) is 0 Å². The first-order valence-corrected chi connectivity index (χ1v) is 11.9. The van der Waals surface area contributed by atoms with Crippen molar-refractivity contribution >= 4 is 46.1 Å². The van der Waals surface area contributed by atoms with E-state index in [2.05, 4.69) is 22.8 Å². The van der Waals surface area contributed by atoms with Crippen LogP contribution in [0.3, 0.4) is 0 Å². The molecule has 2 saturated heterocycles. The van der Waals surface area contributed by atoms with Gasteiger partial charge in [0.2, 0.25) is 0 Å². The van der Waals surface area contributed by atoms with Gasteiger partial charge in [0.15, 0.2) is 0 Å². The van der Waals surface area contributed by atoms with Crippen LogP contribution < -0.4 is 10.5 Å². The summed E-state index contributed by atoms with van der Waals surface area (Å²) in [6, 6.07) is 2.05. The van der Waals surface area contributed by atoms with Crippen LogP contribution in [-0.4, -0.2) is 63.4 Å². The zero-order valence-electron chi connectivity index (χ0n) is 18.8. The van der Waals surface area contributed by atoms with Crippen LogP contribution in [0.1, 0.15) is 44.4 Å². The Morgan fingerprint density at radius 1 is 1.16 bits per heavy atom. The number of thioether (sulfide) groups is 1. The zero-order valence-corrected chi connectivity index (χ0v) is 20.4. The highest BCUT2D eigenvalue weighted by molar-refractivity contribution is 8.26. The number of thiocarbonyl (C=S) groups is 1. The van der Waals surface area contributed by atoms with E-state index in [1.165, 1.54) is 11.8 Å². The van der Waals surface area contributed by atoms with E-state index in [4.69, 9.17) is 12.2 Å². The van der Waals surface area contributed by atoms with E-state index in [0.717, 1.165) is 44.1 Å². The molecule has 2 fully saturated rings. The number of hydrogen-bond donors (Lipinski definition) is 0. The third kappa shape index (κ3) is 4.29. The van der Waals surface area contributed by atoms with Crippen LogP contribution in [0.4, 0.5) is 5.82 Å². The van der Waals surface area contributed by atoms with Gasteiger partial charge in [0, 0.05) is 44.3 Å². The summed E-state index contributed by atoms with van der Waals surface area (Å²) in [7, 11) is 0. The monoisotopic (exact) mass is 459 g/mol. The lowest BCUT2D eigenvalue weighted by atomic mass is 10.0. The molecule has 0 aliphatic carbocycles. The molecule has 9 heteroatoms. The highest BCUT2D eigenvalue weighted by Crippen LogP contribution is 2.36. The van der Waals surface area contributed by atoms with Crippen LogP contribution in [0.2, 0.25) is 0 Å². The molecular weight excluding hydrogens is 430 g/mol. The van der Waals surface area contributed by atoms with Gasteiger partial charge in [0.25, 0.3) is 11.5 Å². The van der Waals surface area contributed by atoms with E-state index in [0.29, 0.717) is 21.3 Å². The van der Waals surface area contributed by atoms with Crippen LogP contribution in [0, 0.1) is 18.3 Å². The van der Waals surface area contributed by atoms with E-state index >= 15 is 0 Å². The maximum Gasteiger partial charge on any atom is 0.270 e. The fourth-order valence-corrected chi connectivity index (χ4v) is 5.62. The van der Waals surface area contributed by atoms with Gasteiger partial charge < -0.3 is 9.80 Å². The minimum absolute atomic E-state index is 0.0275. The Morgan fingerprint density at radius 2 is 1.81 bits per heavy atom. The van der Waals surface area contributed by atoms with Crippen molar-refractivity contribution in [2.75, 3.05) is 37.6 Å². The molecule has 2 aliphatic rings. The number of amides is 1. The Morgan fingerprint density at radius 3 is 2.29 bits per heavy atom. The van der Waals surface area contributed by atoms with Crippen LogP contribution in [-0.2, 0) is 11.3 Å². The van der Waals surface area contributed by atoms with Crippen molar-refractivity contribution < 1.29 is 4.79 Å². The van der Waals surface area contributed by atoms with E-state index < -0.39 is 0 Å². The number of nitrogens with zero attached hydrogens (tertiary/aromatic N) is 5. The van der Waals surface area contributed by atoms with Crippen LogP contribution >= 0.6 is 24.0 Å². The first-order chi connectivity index (χ1) is 14.7. The van der Waals surface area contributed by atoms with E-state index in [9.17, 15) is 14.9 Å². The zero-order chi connectivity index (χ0) is 22.9. The molecule has 0 spiro atoms. The van der Waals surface area contributed by atoms with Gasteiger partial charge in [0.05, 0.1) is 4.91 Å². The maximum atomic E-state index is 13.1. The van der Waals surface area contributed by atoms with Gasteiger partial charge in [-0.2, -0.15) is 5.26 Å². The molecule has 0 unspecified atom stereocenters. The molecule has 1 amide bonds. The topological polar surface area (TPSA) is 72.6 Å². The quantitative estimate of drug-likeness (QED) is 0.495. The van der Waals surface area contributed by atoms with Crippen molar-refractivity contribution in [1.29, 1.82) is 5.26 Å². The molecule has 3 heterocycles. The fraction of sp³-hybridized carbons (Fsp3) is 0.545. The number of hydrogen-bond acceptors (Lipinski definition) is 7. The normalized spacial score (nSPS) is 19.1. The number of likely N-dealkylation sites (N-methyl/N-ethyl adjacent to an activating group) is 1. The number of piperazine rings is 1. The summed E-state index contributed by atoms with van der Waals surface area (Å²) < 4.78 is 2.20. The Hall–Kier alpha value is -2.15. The first kappa shape index (κ1) is 23.5. The van der Waals surface area contributed by atoms with Crippen molar-refractivity contribution in [3.63, 3.8) is 0 Å². The molecule has 0 saturated carbocycles. The summed E-state index contributed by atoms with van der Waals surface area (Å²) in [5.74, 6) is 0.661. The highest BCUT2D eigenvalue weighted by Gasteiger charge is 2.35. The highest BCUT2D eigenvalue weighted by atomic mass is 32.2. The van der Waals surface area contributed by atoms with Gasteiger partial charge in [-0.25, -0.2) is 0 Å². The molecule has 31 heavy (non-hydrogen) atoms. The molecule has 3 rings (SSSR count). The number of pyridine rings is 1. The lowest BCUT2D eigenvalue weighted by Crippen LogP contribution is -2.48. The Balaban J connectivity index is 2.19. The summed E-state index contributed by atoms with van der Waals surface area (Å²) in [5.41, 5.74) is 1.22.